The van der Waals surface area contributed by atoms with E-state index in [0.29, 0.717) is 11.5 Å². The first-order valence-corrected chi connectivity index (χ1v) is 10.2. The van der Waals surface area contributed by atoms with Crippen LogP contribution in [-0.2, 0) is 19.1 Å². The second kappa shape index (κ2) is 6.97. The summed E-state index contributed by atoms with van der Waals surface area (Å²) < 4.78 is 11.4. The molecule has 2 heterocycles. The Morgan fingerprint density at radius 2 is 2.04 bits per heavy atom. The van der Waals surface area contributed by atoms with Crippen LogP contribution in [0.5, 0.6) is 5.75 Å². The number of carboxylic acid groups (broad SMARTS) is 1. The van der Waals surface area contributed by atoms with E-state index in [2.05, 4.69) is 5.32 Å². The number of nitrogens with one attached hydrogen (secondary N) is 1. The highest BCUT2D eigenvalue weighted by molar-refractivity contribution is 8.00. The van der Waals surface area contributed by atoms with Gasteiger partial charge in [-0.2, -0.15) is 0 Å². The predicted molar refractivity (Wildman–Crippen MR) is 101 cm³/mol. The van der Waals surface area contributed by atoms with Crippen LogP contribution in [0.15, 0.2) is 30.3 Å². The van der Waals surface area contributed by atoms with Gasteiger partial charge in [0.05, 0.1) is 11.5 Å². The van der Waals surface area contributed by atoms with Crippen molar-refractivity contribution in [2.75, 3.05) is 18.9 Å². The standard InChI is InChI=1S/C19H22N2O6S/c1-18(17(24)25)10-21-15(23)19(16(21)28-11-18,27-13-7-8-13)20-14(22)9-26-12-5-3-2-4-6-12/h2-6,13,16H,7-11H2,1H3,(H,20,22)(H,24,25)/t16-,18?,19?/m1/s1. The number of benzene rings is 1. The number of amides is 2. The minimum Gasteiger partial charge on any atom is -0.484 e. The fourth-order valence-electron chi connectivity index (χ4n) is 3.37. The van der Waals surface area contributed by atoms with Gasteiger partial charge in [0.1, 0.15) is 11.1 Å². The van der Waals surface area contributed by atoms with Crippen molar-refractivity contribution in [3.8, 4) is 5.75 Å². The molecule has 2 saturated heterocycles. The summed E-state index contributed by atoms with van der Waals surface area (Å²) in [4.78, 5) is 38.5. The van der Waals surface area contributed by atoms with E-state index in [1.165, 1.54) is 16.7 Å². The van der Waals surface area contributed by atoms with Crippen LogP contribution < -0.4 is 10.1 Å². The topological polar surface area (TPSA) is 105 Å². The molecule has 2 amide bonds. The highest BCUT2D eigenvalue weighted by Crippen LogP contribution is 2.49. The summed E-state index contributed by atoms with van der Waals surface area (Å²) >= 11 is 1.33. The zero-order valence-electron chi connectivity index (χ0n) is 15.4. The number of aliphatic carboxylic acids is 1. The SMILES string of the molecule is CC1(C(=O)O)CS[C@H]2N(C1)C(=O)C2(NC(=O)COc1ccccc1)OC1CC1. The molecule has 2 aliphatic heterocycles. The fourth-order valence-corrected chi connectivity index (χ4v) is 4.91. The average Bonchev–Trinajstić information content (AvgIpc) is 3.50. The number of thioether (sulfide) groups is 1. The molecule has 1 aromatic carbocycles. The number of para-hydroxylation sites is 1. The molecule has 2 unspecified atom stereocenters. The van der Waals surface area contributed by atoms with Gasteiger partial charge in [0.2, 0.25) is 0 Å². The number of β-lactam (4-membered cyclic amide) rings is 1. The molecule has 1 aromatic rings. The average molecular weight is 406 g/mol. The maximum absolute atomic E-state index is 12.9. The lowest BCUT2D eigenvalue weighted by atomic mass is 9.88. The van der Waals surface area contributed by atoms with Gasteiger partial charge >= 0.3 is 5.97 Å². The van der Waals surface area contributed by atoms with Crippen LogP contribution in [0.3, 0.4) is 0 Å². The molecule has 0 spiro atoms. The molecular formula is C19H22N2O6S. The maximum atomic E-state index is 12.9. The van der Waals surface area contributed by atoms with Gasteiger partial charge in [-0.25, -0.2) is 0 Å². The first kappa shape index (κ1) is 19.1. The van der Waals surface area contributed by atoms with Gasteiger partial charge in [0.25, 0.3) is 17.5 Å². The van der Waals surface area contributed by atoms with Crippen LogP contribution in [0.1, 0.15) is 19.8 Å². The summed E-state index contributed by atoms with van der Waals surface area (Å²) in [7, 11) is 0. The molecule has 3 fully saturated rings. The van der Waals surface area contributed by atoms with Crippen molar-refractivity contribution in [1.29, 1.82) is 0 Å². The summed E-state index contributed by atoms with van der Waals surface area (Å²) in [6.45, 7) is 1.49. The van der Waals surface area contributed by atoms with E-state index in [1.54, 1.807) is 31.2 Å². The Hall–Kier alpha value is -2.26. The maximum Gasteiger partial charge on any atom is 0.312 e. The van der Waals surface area contributed by atoms with Crippen molar-refractivity contribution >= 4 is 29.5 Å². The van der Waals surface area contributed by atoms with Crippen molar-refractivity contribution in [2.24, 2.45) is 5.41 Å². The van der Waals surface area contributed by atoms with Gasteiger partial charge in [0.15, 0.2) is 6.61 Å². The Morgan fingerprint density at radius 1 is 1.32 bits per heavy atom. The number of nitrogens with zero attached hydrogens (tertiary/aromatic N) is 1. The van der Waals surface area contributed by atoms with Gasteiger partial charge < -0.3 is 24.8 Å². The van der Waals surface area contributed by atoms with E-state index < -0.39 is 34.3 Å². The first-order valence-electron chi connectivity index (χ1n) is 9.17. The van der Waals surface area contributed by atoms with E-state index >= 15 is 0 Å². The summed E-state index contributed by atoms with van der Waals surface area (Å²) in [6, 6.07) is 8.93. The molecule has 0 bridgehead atoms. The summed E-state index contributed by atoms with van der Waals surface area (Å²) in [5.41, 5.74) is -2.45. The van der Waals surface area contributed by atoms with Gasteiger partial charge in [-0.3, -0.25) is 14.4 Å². The van der Waals surface area contributed by atoms with Crippen molar-refractivity contribution in [1.82, 2.24) is 10.2 Å². The molecule has 28 heavy (non-hydrogen) atoms. The number of fused-ring (bicyclic) bond motifs is 1. The molecule has 3 atom stereocenters. The number of hydrogen-bond donors (Lipinski definition) is 2. The van der Waals surface area contributed by atoms with Crippen LogP contribution in [-0.4, -0.2) is 63.9 Å². The van der Waals surface area contributed by atoms with Crippen LogP contribution >= 0.6 is 11.8 Å². The molecule has 0 aromatic heterocycles. The van der Waals surface area contributed by atoms with E-state index in [4.69, 9.17) is 9.47 Å². The Labute approximate surface area is 166 Å². The smallest absolute Gasteiger partial charge is 0.312 e. The van der Waals surface area contributed by atoms with E-state index in [-0.39, 0.29) is 19.3 Å². The number of carbonyl (C=O) groups excluding carboxylic acids is 2. The molecular weight excluding hydrogens is 384 g/mol. The van der Waals surface area contributed by atoms with Gasteiger partial charge in [-0.05, 0) is 31.9 Å². The van der Waals surface area contributed by atoms with Gasteiger partial charge in [-0.1, -0.05) is 18.2 Å². The van der Waals surface area contributed by atoms with Crippen molar-refractivity contribution in [3.63, 3.8) is 0 Å². The lowest BCUT2D eigenvalue weighted by molar-refractivity contribution is -0.209. The Balaban J connectivity index is 1.45. The minimum absolute atomic E-state index is 0.0603. The van der Waals surface area contributed by atoms with Crippen molar-refractivity contribution < 1.29 is 29.0 Å². The molecule has 0 radical (unpaired) electrons. The van der Waals surface area contributed by atoms with Gasteiger partial charge in [-0.15, -0.1) is 11.8 Å². The Kier molecular flexibility index (Phi) is 4.75. The van der Waals surface area contributed by atoms with Crippen LogP contribution in [0.4, 0.5) is 0 Å². The molecule has 4 rings (SSSR count). The third kappa shape index (κ3) is 3.33. The number of ether oxygens (including phenoxy) is 2. The van der Waals surface area contributed by atoms with E-state index in [9.17, 15) is 19.5 Å². The zero-order valence-corrected chi connectivity index (χ0v) is 16.2. The number of carbonyl (C=O) groups is 3. The highest BCUT2D eigenvalue weighted by Gasteiger charge is 2.68. The molecule has 2 N–H and O–H groups in total. The van der Waals surface area contributed by atoms with Crippen molar-refractivity contribution in [2.45, 2.75) is 37.0 Å². The summed E-state index contributed by atoms with van der Waals surface area (Å²) in [5, 5.41) is 11.7. The normalized spacial score (nSPS) is 31.5. The number of carboxylic acids is 1. The lowest BCUT2D eigenvalue weighted by Crippen LogP contribution is -2.83. The predicted octanol–water partition coefficient (Wildman–Crippen LogP) is 1.06. The number of hydrogen-bond acceptors (Lipinski definition) is 6. The molecule has 9 heteroatoms. The second-order valence-electron chi connectivity index (χ2n) is 7.66. The fraction of sp³-hybridized carbons (Fsp3) is 0.526. The molecule has 8 nitrogen and oxygen atoms in total. The summed E-state index contributed by atoms with van der Waals surface area (Å²) in [6.07, 6.45) is 1.63. The lowest BCUT2D eigenvalue weighted by Gasteiger charge is -2.58. The molecule has 1 saturated carbocycles. The highest BCUT2D eigenvalue weighted by atomic mass is 32.2. The quantitative estimate of drug-likeness (QED) is 0.515. The third-order valence-electron chi connectivity index (χ3n) is 5.12. The van der Waals surface area contributed by atoms with Gasteiger partial charge in [0, 0.05) is 12.3 Å². The summed E-state index contributed by atoms with van der Waals surface area (Å²) in [5.74, 6) is -0.891. The Morgan fingerprint density at radius 3 is 2.68 bits per heavy atom. The zero-order chi connectivity index (χ0) is 19.9. The van der Waals surface area contributed by atoms with Crippen LogP contribution in [0.25, 0.3) is 0 Å². The number of rotatable bonds is 7. The van der Waals surface area contributed by atoms with Crippen molar-refractivity contribution in [3.05, 3.63) is 30.3 Å². The first-order chi connectivity index (χ1) is 13.3. The second-order valence-corrected chi connectivity index (χ2v) is 8.73. The third-order valence-corrected chi connectivity index (χ3v) is 6.83. The molecule has 1 aliphatic carbocycles. The monoisotopic (exact) mass is 406 g/mol. The van der Waals surface area contributed by atoms with Crippen LogP contribution in [0, 0.1) is 5.41 Å². The van der Waals surface area contributed by atoms with E-state index in [0.717, 1.165) is 12.8 Å². The largest absolute Gasteiger partial charge is 0.484 e. The molecule has 150 valence electrons. The molecule has 3 aliphatic rings. The van der Waals surface area contributed by atoms with E-state index in [1.807, 2.05) is 6.07 Å². The minimum atomic E-state index is -1.44. The van der Waals surface area contributed by atoms with Crippen LogP contribution in [0.2, 0.25) is 0 Å². The Bertz CT molecular complexity index is 801.